The Kier molecular flexibility index (Phi) is 5.33. The molecule has 0 aromatic rings. The second-order valence-electron chi connectivity index (χ2n) is 4.31. The Balaban J connectivity index is 3.77. The highest BCUT2D eigenvalue weighted by Crippen LogP contribution is 2.20. The minimum absolute atomic E-state index is 0.221. The van der Waals surface area contributed by atoms with Gasteiger partial charge in [-0.3, -0.25) is 0 Å². The summed E-state index contributed by atoms with van der Waals surface area (Å²) in [5, 5.41) is 13.2. The lowest BCUT2D eigenvalue weighted by Crippen LogP contribution is -2.56. The number of hydrogen-bond donors (Lipinski definition) is 2. The topological polar surface area (TPSA) is 32.3 Å². The van der Waals surface area contributed by atoms with Crippen LogP contribution in [0.25, 0.3) is 0 Å². The molecule has 0 aliphatic heterocycles. The summed E-state index contributed by atoms with van der Waals surface area (Å²) in [7, 11) is 0. The van der Waals surface area contributed by atoms with Crippen LogP contribution in [0.2, 0.25) is 0 Å². The molecular weight excluding hydrogens is 182 g/mol. The van der Waals surface area contributed by atoms with E-state index in [9.17, 15) is 5.11 Å². The molecule has 0 spiro atoms. The lowest BCUT2D eigenvalue weighted by atomic mass is 9.86. The van der Waals surface area contributed by atoms with E-state index in [4.69, 9.17) is 0 Å². The average Bonchev–Trinajstić information content (AvgIpc) is 1.96. The molecule has 3 heteroatoms. The van der Waals surface area contributed by atoms with Crippen molar-refractivity contribution in [3.8, 4) is 0 Å². The fourth-order valence-corrected chi connectivity index (χ4v) is 1.33. The summed E-state index contributed by atoms with van der Waals surface area (Å²) < 4.78 is 0. The van der Waals surface area contributed by atoms with Gasteiger partial charge >= 0.3 is 0 Å². The van der Waals surface area contributed by atoms with Crippen LogP contribution in [0.5, 0.6) is 0 Å². The van der Waals surface area contributed by atoms with Gasteiger partial charge in [0, 0.05) is 17.8 Å². The van der Waals surface area contributed by atoms with Crippen LogP contribution in [0.4, 0.5) is 0 Å². The van der Waals surface area contributed by atoms with E-state index in [1.807, 2.05) is 39.5 Å². The highest BCUT2D eigenvalue weighted by Gasteiger charge is 2.33. The lowest BCUT2D eigenvalue weighted by Gasteiger charge is -2.38. The van der Waals surface area contributed by atoms with Crippen molar-refractivity contribution >= 4 is 11.8 Å². The first-order valence-corrected chi connectivity index (χ1v) is 6.02. The van der Waals surface area contributed by atoms with E-state index in [-0.39, 0.29) is 5.54 Å². The summed E-state index contributed by atoms with van der Waals surface area (Å²) in [4.78, 5) is 0. The highest BCUT2D eigenvalue weighted by atomic mass is 32.2. The smallest absolute Gasteiger partial charge is 0.0767 e. The van der Waals surface area contributed by atoms with Gasteiger partial charge in [0.15, 0.2) is 0 Å². The van der Waals surface area contributed by atoms with Gasteiger partial charge < -0.3 is 10.4 Å². The van der Waals surface area contributed by atoms with E-state index >= 15 is 0 Å². The first-order valence-electron chi connectivity index (χ1n) is 4.86. The molecule has 0 aliphatic carbocycles. The van der Waals surface area contributed by atoms with Crippen molar-refractivity contribution in [1.82, 2.24) is 5.32 Å². The molecule has 0 bridgehead atoms. The summed E-state index contributed by atoms with van der Waals surface area (Å²) in [6, 6.07) is 0. The normalized spacial score (nSPS) is 13.4. The van der Waals surface area contributed by atoms with Gasteiger partial charge in [-0.2, -0.15) is 11.8 Å². The Morgan fingerprint density at radius 2 is 1.77 bits per heavy atom. The minimum Gasteiger partial charge on any atom is -0.389 e. The van der Waals surface area contributed by atoms with Crippen LogP contribution in [0.15, 0.2) is 0 Å². The summed E-state index contributed by atoms with van der Waals surface area (Å²) in [6.45, 7) is 10.9. The molecule has 0 heterocycles. The van der Waals surface area contributed by atoms with Crippen molar-refractivity contribution in [2.24, 2.45) is 0 Å². The molecule has 2 N–H and O–H groups in total. The zero-order chi connectivity index (χ0) is 10.5. The van der Waals surface area contributed by atoms with Crippen LogP contribution in [0.3, 0.4) is 0 Å². The Bertz CT molecular complexity index is 140. The Hall–Kier alpha value is 0.270. The Morgan fingerprint density at radius 1 is 1.23 bits per heavy atom. The van der Waals surface area contributed by atoms with Crippen LogP contribution in [-0.2, 0) is 0 Å². The van der Waals surface area contributed by atoms with Gasteiger partial charge in [0.25, 0.3) is 0 Å². The van der Waals surface area contributed by atoms with Crippen LogP contribution < -0.4 is 5.32 Å². The van der Waals surface area contributed by atoms with Gasteiger partial charge in [-0.05, 0) is 33.4 Å². The van der Waals surface area contributed by atoms with E-state index in [1.165, 1.54) is 0 Å². The zero-order valence-corrected chi connectivity index (χ0v) is 10.3. The third kappa shape index (κ3) is 4.89. The summed E-state index contributed by atoms with van der Waals surface area (Å²) >= 11 is 1.92. The zero-order valence-electron chi connectivity index (χ0n) is 9.48. The Labute approximate surface area is 86.5 Å². The van der Waals surface area contributed by atoms with Gasteiger partial charge in [0.05, 0.1) is 5.60 Å². The molecule has 13 heavy (non-hydrogen) atoms. The van der Waals surface area contributed by atoms with E-state index in [1.54, 1.807) is 0 Å². The number of hydrogen-bond acceptors (Lipinski definition) is 3. The SMILES string of the molecule is CCSCCNC(C)(C)C(C)(C)O. The summed E-state index contributed by atoms with van der Waals surface area (Å²) in [6.07, 6.45) is 0. The molecular formula is C10H23NOS. The van der Waals surface area contributed by atoms with Gasteiger partial charge in [-0.25, -0.2) is 0 Å². The van der Waals surface area contributed by atoms with Crippen molar-refractivity contribution in [2.45, 2.75) is 45.8 Å². The molecule has 0 aliphatic rings. The molecule has 0 fully saturated rings. The third-order valence-corrected chi connectivity index (χ3v) is 3.45. The van der Waals surface area contributed by atoms with E-state index in [2.05, 4.69) is 12.2 Å². The molecule has 0 atom stereocenters. The van der Waals surface area contributed by atoms with Crippen molar-refractivity contribution in [3.05, 3.63) is 0 Å². The molecule has 2 nitrogen and oxygen atoms in total. The maximum absolute atomic E-state index is 9.83. The average molecular weight is 205 g/mol. The molecule has 0 saturated carbocycles. The van der Waals surface area contributed by atoms with Crippen LogP contribution >= 0.6 is 11.8 Å². The number of aliphatic hydroxyl groups is 1. The van der Waals surface area contributed by atoms with Crippen LogP contribution in [0.1, 0.15) is 34.6 Å². The van der Waals surface area contributed by atoms with Crippen molar-refractivity contribution in [1.29, 1.82) is 0 Å². The van der Waals surface area contributed by atoms with Gasteiger partial charge in [0.1, 0.15) is 0 Å². The van der Waals surface area contributed by atoms with Gasteiger partial charge in [-0.15, -0.1) is 0 Å². The first kappa shape index (κ1) is 13.3. The van der Waals surface area contributed by atoms with Gasteiger partial charge in [-0.1, -0.05) is 6.92 Å². The predicted molar refractivity (Wildman–Crippen MR) is 61.4 cm³/mol. The van der Waals surface area contributed by atoms with E-state index in [0.717, 1.165) is 18.1 Å². The molecule has 0 aromatic heterocycles. The van der Waals surface area contributed by atoms with Gasteiger partial charge in [0.2, 0.25) is 0 Å². The minimum atomic E-state index is -0.677. The molecule has 0 radical (unpaired) electrons. The van der Waals surface area contributed by atoms with E-state index < -0.39 is 5.60 Å². The number of nitrogens with one attached hydrogen (secondary N) is 1. The molecule has 0 aromatic carbocycles. The van der Waals surface area contributed by atoms with E-state index in [0.29, 0.717) is 0 Å². The summed E-state index contributed by atoms with van der Waals surface area (Å²) in [5.74, 6) is 2.26. The standard InChI is InChI=1S/C10H23NOS/c1-6-13-8-7-11-9(2,3)10(4,5)12/h11-12H,6-8H2,1-5H3. The fourth-order valence-electron chi connectivity index (χ4n) is 0.796. The number of thioether (sulfide) groups is 1. The summed E-state index contributed by atoms with van der Waals surface area (Å²) in [5.41, 5.74) is -0.898. The molecule has 80 valence electrons. The first-order chi connectivity index (χ1) is 5.81. The fraction of sp³-hybridized carbons (Fsp3) is 1.00. The maximum Gasteiger partial charge on any atom is 0.0767 e. The molecule has 0 amide bonds. The third-order valence-electron chi connectivity index (χ3n) is 2.55. The van der Waals surface area contributed by atoms with Crippen LogP contribution in [-0.4, -0.2) is 34.3 Å². The maximum atomic E-state index is 9.83. The highest BCUT2D eigenvalue weighted by molar-refractivity contribution is 7.99. The number of rotatable bonds is 6. The monoisotopic (exact) mass is 205 g/mol. The van der Waals surface area contributed by atoms with Crippen molar-refractivity contribution in [3.63, 3.8) is 0 Å². The Morgan fingerprint density at radius 3 is 2.15 bits per heavy atom. The predicted octanol–water partition coefficient (Wildman–Crippen LogP) is 1.88. The van der Waals surface area contributed by atoms with Crippen molar-refractivity contribution in [2.75, 3.05) is 18.1 Å². The van der Waals surface area contributed by atoms with Crippen molar-refractivity contribution < 1.29 is 5.11 Å². The second kappa shape index (κ2) is 5.23. The largest absolute Gasteiger partial charge is 0.389 e. The van der Waals surface area contributed by atoms with Crippen LogP contribution in [0, 0.1) is 0 Å². The second-order valence-corrected chi connectivity index (χ2v) is 5.70. The quantitative estimate of drug-likeness (QED) is 0.649. The lowest BCUT2D eigenvalue weighted by molar-refractivity contribution is -0.00340. The molecule has 0 rings (SSSR count). The molecule has 0 unspecified atom stereocenters. The molecule has 0 saturated heterocycles.